The molecule has 0 spiro atoms. The van der Waals surface area contributed by atoms with Crippen LogP contribution in [0.15, 0.2) is 24.4 Å². The zero-order chi connectivity index (χ0) is 11.8. The van der Waals surface area contributed by atoms with Crippen LogP contribution in [0, 0.1) is 0 Å². The number of hydrogen-bond donors (Lipinski definition) is 1. The van der Waals surface area contributed by atoms with Crippen LogP contribution in [0.5, 0.6) is 5.75 Å². The molecule has 0 saturated carbocycles. The number of halogens is 3. The van der Waals surface area contributed by atoms with Gasteiger partial charge in [0.05, 0.1) is 11.7 Å². The molecule has 0 saturated heterocycles. The second-order valence-electron chi connectivity index (χ2n) is 2.97. The van der Waals surface area contributed by atoms with Crippen LogP contribution in [0.25, 0.3) is 11.0 Å². The highest BCUT2D eigenvalue weighted by molar-refractivity contribution is 5.81. The number of hydrogen-bond acceptors (Lipinski definition) is 4. The first-order valence-corrected chi connectivity index (χ1v) is 4.23. The average Bonchev–Trinajstić information content (AvgIpc) is 2.15. The molecule has 0 bridgehead atoms. The molecule has 0 aliphatic rings. The Hall–Kier alpha value is -2.05. The molecule has 1 aromatic heterocycles. The summed E-state index contributed by atoms with van der Waals surface area (Å²) in [5, 5.41) is 0. The van der Waals surface area contributed by atoms with Crippen LogP contribution in [0.1, 0.15) is 0 Å². The van der Waals surface area contributed by atoms with E-state index in [-0.39, 0.29) is 16.9 Å². The number of anilines is 1. The zero-order valence-corrected chi connectivity index (χ0v) is 7.82. The molecule has 1 heterocycles. The minimum atomic E-state index is -4.75. The largest absolute Gasteiger partial charge is 0.573 e. The van der Waals surface area contributed by atoms with Gasteiger partial charge in [0, 0.05) is 0 Å². The maximum atomic E-state index is 12.1. The maximum Gasteiger partial charge on any atom is 0.573 e. The second kappa shape index (κ2) is 3.51. The number of nitrogens with zero attached hydrogens (tertiary/aromatic N) is 2. The van der Waals surface area contributed by atoms with E-state index in [4.69, 9.17) is 5.73 Å². The molecular formula is C9H6F3N3O. The number of alkyl halides is 3. The fraction of sp³-hybridized carbons (Fsp3) is 0.111. The van der Waals surface area contributed by atoms with Crippen LogP contribution in [0.3, 0.4) is 0 Å². The monoisotopic (exact) mass is 229 g/mol. The van der Waals surface area contributed by atoms with Gasteiger partial charge in [-0.25, -0.2) is 9.97 Å². The Balaban J connectivity index is 2.54. The summed E-state index contributed by atoms with van der Waals surface area (Å²) in [4.78, 5) is 7.59. The number of nitrogen functional groups attached to an aromatic ring is 1. The highest BCUT2D eigenvalue weighted by atomic mass is 19.4. The van der Waals surface area contributed by atoms with E-state index in [9.17, 15) is 13.2 Å². The number of para-hydroxylation sites is 1. The summed E-state index contributed by atoms with van der Waals surface area (Å²) in [7, 11) is 0. The third-order valence-electron chi connectivity index (χ3n) is 1.78. The van der Waals surface area contributed by atoms with E-state index in [1.54, 1.807) is 0 Å². The van der Waals surface area contributed by atoms with Crippen molar-refractivity contribution in [3.8, 4) is 5.75 Å². The lowest BCUT2D eigenvalue weighted by Gasteiger charge is -2.10. The van der Waals surface area contributed by atoms with Crippen molar-refractivity contribution in [2.75, 3.05) is 5.73 Å². The van der Waals surface area contributed by atoms with Crippen LogP contribution in [0.2, 0.25) is 0 Å². The molecule has 0 aliphatic heterocycles. The van der Waals surface area contributed by atoms with Crippen molar-refractivity contribution in [3.63, 3.8) is 0 Å². The lowest BCUT2D eigenvalue weighted by Crippen LogP contribution is -2.17. The van der Waals surface area contributed by atoms with Gasteiger partial charge in [0.2, 0.25) is 0 Å². The number of fused-ring (bicyclic) bond motifs is 1. The van der Waals surface area contributed by atoms with Crippen molar-refractivity contribution >= 4 is 16.9 Å². The van der Waals surface area contributed by atoms with Gasteiger partial charge in [-0.15, -0.1) is 13.2 Å². The first-order chi connectivity index (χ1) is 7.46. The van der Waals surface area contributed by atoms with E-state index in [1.807, 2.05) is 0 Å². The van der Waals surface area contributed by atoms with Crippen molar-refractivity contribution in [2.45, 2.75) is 6.36 Å². The quantitative estimate of drug-likeness (QED) is 0.813. The van der Waals surface area contributed by atoms with Gasteiger partial charge in [-0.2, -0.15) is 0 Å². The Labute approximate surface area is 87.9 Å². The third-order valence-corrected chi connectivity index (χ3v) is 1.78. The predicted molar refractivity (Wildman–Crippen MR) is 50.6 cm³/mol. The number of nitrogens with two attached hydrogens (primary N) is 1. The van der Waals surface area contributed by atoms with E-state index >= 15 is 0 Å². The summed E-state index contributed by atoms with van der Waals surface area (Å²) >= 11 is 0. The average molecular weight is 229 g/mol. The van der Waals surface area contributed by atoms with E-state index < -0.39 is 12.1 Å². The summed E-state index contributed by atoms with van der Waals surface area (Å²) in [6.07, 6.45) is -3.58. The van der Waals surface area contributed by atoms with Crippen LogP contribution in [-0.4, -0.2) is 16.3 Å². The molecule has 0 fully saturated rings. The maximum absolute atomic E-state index is 12.1. The van der Waals surface area contributed by atoms with Gasteiger partial charge in [0.15, 0.2) is 5.75 Å². The Kier molecular flexibility index (Phi) is 2.30. The molecule has 16 heavy (non-hydrogen) atoms. The summed E-state index contributed by atoms with van der Waals surface area (Å²) in [6, 6.07) is 4.06. The van der Waals surface area contributed by atoms with Crippen molar-refractivity contribution in [1.29, 1.82) is 0 Å². The third kappa shape index (κ3) is 2.13. The van der Waals surface area contributed by atoms with Crippen molar-refractivity contribution in [3.05, 3.63) is 24.4 Å². The van der Waals surface area contributed by atoms with Gasteiger partial charge >= 0.3 is 6.36 Å². The number of benzene rings is 1. The fourth-order valence-corrected chi connectivity index (χ4v) is 1.24. The topological polar surface area (TPSA) is 61.0 Å². The molecule has 2 N–H and O–H groups in total. The summed E-state index contributed by atoms with van der Waals surface area (Å²) < 4.78 is 40.0. The molecule has 0 amide bonds. The SMILES string of the molecule is Nc1cnc2c(OC(F)(F)F)cccc2n1. The van der Waals surface area contributed by atoms with Crippen molar-refractivity contribution in [1.82, 2.24) is 9.97 Å². The van der Waals surface area contributed by atoms with E-state index in [2.05, 4.69) is 14.7 Å². The normalized spacial score (nSPS) is 11.7. The zero-order valence-electron chi connectivity index (χ0n) is 7.82. The Bertz CT molecular complexity index is 527. The smallest absolute Gasteiger partial charge is 0.403 e. The lowest BCUT2D eigenvalue weighted by atomic mass is 10.3. The molecule has 0 aliphatic carbocycles. The standard InChI is InChI=1S/C9H6F3N3O/c10-9(11,12)16-6-3-1-2-5-8(6)14-4-7(13)15-5/h1-4H,(H2,13,15). The molecule has 2 aromatic rings. The molecule has 7 heteroatoms. The molecule has 4 nitrogen and oxygen atoms in total. The molecular weight excluding hydrogens is 223 g/mol. The molecule has 1 aromatic carbocycles. The minimum absolute atomic E-state index is 0.0222. The number of rotatable bonds is 1. The van der Waals surface area contributed by atoms with Gasteiger partial charge in [-0.1, -0.05) is 6.07 Å². The Morgan fingerprint density at radius 3 is 2.69 bits per heavy atom. The first kappa shape index (κ1) is 10.5. The van der Waals surface area contributed by atoms with Gasteiger partial charge in [0.25, 0.3) is 0 Å². The summed E-state index contributed by atoms with van der Waals surface area (Å²) in [5.74, 6) is -0.255. The lowest BCUT2D eigenvalue weighted by molar-refractivity contribution is -0.274. The van der Waals surface area contributed by atoms with Gasteiger partial charge in [0.1, 0.15) is 11.3 Å². The minimum Gasteiger partial charge on any atom is -0.403 e. The van der Waals surface area contributed by atoms with Gasteiger partial charge < -0.3 is 10.5 Å². The fourth-order valence-electron chi connectivity index (χ4n) is 1.24. The van der Waals surface area contributed by atoms with Gasteiger partial charge in [-0.3, -0.25) is 0 Å². The highest BCUT2D eigenvalue weighted by Crippen LogP contribution is 2.28. The van der Waals surface area contributed by atoms with Crippen LogP contribution < -0.4 is 10.5 Å². The second-order valence-corrected chi connectivity index (χ2v) is 2.97. The van der Waals surface area contributed by atoms with Crippen LogP contribution >= 0.6 is 0 Å². The predicted octanol–water partition coefficient (Wildman–Crippen LogP) is 2.11. The highest BCUT2D eigenvalue weighted by Gasteiger charge is 2.32. The molecule has 2 rings (SSSR count). The molecule has 0 unspecified atom stereocenters. The van der Waals surface area contributed by atoms with Crippen molar-refractivity contribution in [2.24, 2.45) is 0 Å². The molecule has 0 atom stereocenters. The van der Waals surface area contributed by atoms with E-state index in [0.29, 0.717) is 0 Å². The van der Waals surface area contributed by atoms with E-state index in [1.165, 1.54) is 24.4 Å². The number of ether oxygens (including phenoxy) is 1. The molecule has 0 radical (unpaired) electrons. The van der Waals surface area contributed by atoms with Crippen molar-refractivity contribution < 1.29 is 17.9 Å². The summed E-state index contributed by atoms with van der Waals surface area (Å²) in [6.45, 7) is 0. The summed E-state index contributed by atoms with van der Waals surface area (Å²) in [5.41, 5.74) is 5.64. The van der Waals surface area contributed by atoms with Crippen LogP contribution in [-0.2, 0) is 0 Å². The van der Waals surface area contributed by atoms with Crippen LogP contribution in [0.4, 0.5) is 19.0 Å². The number of aromatic nitrogens is 2. The van der Waals surface area contributed by atoms with Gasteiger partial charge in [-0.05, 0) is 12.1 Å². The molecule has 84 valence electrons. The Morgan fingerprint density at radius 2 is 2.00 bits per heavy atom. The Morgan fingerprint density at radius 1 is 1.25 bits per heavy atom. The first-order valence-electron chi connectivity index (χ1n) is 4.23. The van der Waals surface area contributed by atoms with E-state index in [0.717, 1.165) is 0 Å².